The van der Waals surface area contributed by atoms with Gasteiger partial charge in [0.25, 0.3) is 0 Å². The van der Waals surface area contributed by atoms with Crippen LogP contribution in [0.2, 0.25) is 0 Å². The number of methoxy groups -OCH3 is 1. The topological polar surface area (TPSA) is 9.23 Å². The second kappa shape index (κ2) is 4.92. The number of rotatable bonds is 3. The van der Waals surface area contributed by atoms with Crippen LogP contribution < -0.4 is 0 Å². The zero-order valence-electron chi connectivity index (χ0n) is 12.0. The molecule has 0 aromatic carbocycles. The second-order valence-corrected chi connectivity index (χ2v) is 6.89. The Labute approximate surface area is 120 Å². The van der Waals surface area contributed by atoms with Gasteiger partial charge in [-0.3, -0.25) is 0 Å². The SMILES string of the molecule is COC(C)(C)[C@@H]1C(c2ccsc2)=CC2=C1CCCC2. The molecule has 3 rings (SSSR count). The van der Waals surface area contributed by atoms with Crippen LogP contribution in [0.15, 0.2) is 34.0 Å². The third-order valence-corrected chi connectivity index (χ3v) is 5.30. The van der Waals surface area contributed by atoms with Gasteiger partial charge in [0.2, 0.25) is 0 Å². The number of hydrogen-bond donors (Lipinski definition) is 0. The minimum absolute atomic E-state index is 0.123. The number of thiophene rings is 1. The fourth-order valence-corrected chi connectivity index (χ4v) is 4.16. The molecule has 0 fully saturated rings. The maximum Gasteiger partial charge on any atom is 0.0728 e. The lowest BCUT2D eigenvalue weighted by molar-refractivity contribution is 0.000819. The normalized spacial score (nSPS) is 23.5. The summed E-state index contributed by atoms with van der Waals surface area (Å²) < 4.78 is 5.83. The molecule has 1 nitrogen and oxygen atoms in total. The third kappa shape index (κ3) is 2.21. The first-order chi connectivity index (χ1) is 9.13. The second-order valence-electron chi connectivity index (χ2n) is 6.11. The van der Waals surface area contributed by atoms with Gasteiger partial charge in [-0.25, -0.2) is 0 Å². The first kappa shape index (κ1) is 13.1. The van der Waals surface area contributed by atoms with Crippen molar-refractivity contribution in [2.75, 3.05) is 7.11 Å². The summed E-state index contributed by atoms with van der Waals surface area (Å²) in [5, 5.41) is 4.44. The highest BCUT2D eigenvalue weighted by atomic mass is 32.1. The highest BCUT2D eigenvalue weighted by Crippen LogP contribution is 2.49. The molecule has 102 valence electrons. The molecule has 2 heteroatoms. The summed E-state index contributed by atoms with van der Waals surface area (Å²) in [6, 6.07) is 2.24. The van der Waals surface area contributed by atoms with Crippen molar-refractivity contribution < 1.29 is 4.74 Å². The van der Waals surface area contributed by atoms with Crippen LogP contribution >= 0.6 is 11.3 Å². The van der Waals surface area contributed by atoms with E-state index in [4.69, 9.17) is 4.74 Å². The predicted molar refractivity (Wildman–Crippen MR) is 82.4 cm³/mol. The Balaban J connectivity index is 2.05. The summed E-state index contributed by atoms with van der Waals surface area (Å²) in [6.07, 6.45) is 7.62. The molecule has 2 aliphatic carbocycles. The van der Waals surface area contributed by atoms with Crippen molar-refractivity contribution in [3.05, 3.63) is 39.6 Å². The van der Waals surface area contributed by atoms with Crippen molar-refractivity contribution in [2.24, 2.45) is 5.92 Å². The van der Waals surface area contributed by atoms with Gasteiger partial charge in [-0.05, 0) is 73.1 Å². The van der Waals surface area contributed by atoms with E-state index < -0.39 is 0 Å². The molecule has 0 aliphatic heterocycles. The lowest BCUT2D eigenvalue weighted by Crippen LogP contribution is -2.34. The molecule has 19 heavy (non-hydrogen) atoms. The smallest absolute Gasteiger partial charge is 0.0728 e. The van der Waals surface area contributed by atoms with E-state index >= 15 is 0 Å². The molecule has 1 heterocycles. The quantitative estimate of drug-likeness (QED) is 0.749. The molecule has 0 spiro atoms. The van der Waals surface area contributed by atoms with Gasteiger partial charge in [0.05, 0.1) is 5.60 Å². The van der Waals surface area contributed by atoms with Gasteiger partial charge >= 0.3 is 0 Å². The minimum Gasteiger partial charge on any atom is -0.378 e. The van der Waals surface area contributed by atoms with Gasteiger partial charge in [-0.1, -0.05) is 11.6 Å². The van der Waals surface area contributed by atoms with Crippen LogP contribution in [0.3, 0.4) is 0 Å². The summed E-state index contributed by atoms with van der Waals surface area (Å²) in [7, 11) is 1.84. The summed E-state index contributed by atoms with van der Waals surface area (Å²) >= 11 is 1.78. The number of allylic oxidation sites excluding steroid dienone is 2. The summed E-state index contributed by atoms with van der Waals surface area (Å²) in [4.78, 5) is 0. The molecule has 0 radical (unpaired) electrons. The third-order valence-electron chi connectivity index (χ3n) is 4.62. The Morgan fingerprint density at radius 2 is 2.05 bits per heavy atom. The summed E-state index contributed by atoms with van der Waals surface area (Å²) in [5.74, 6) is 0.433. The highest BCUT2D eigenvalue weighted by Gasteiger charge is 2.40. The molecular formula is C17H22OS. The summed E-state index contributed by atoms with van der Waals surface area (Å²) in [5.41, 5.74) is 5.96. The zero-order valence-corrected chi connectivity index (χ0v) is 12.8. The van der Waals surface area contributed by atoms with Crippen LogP contribution in [0.4, 0.5) is 0 Å². The van der Waals surface area contributed by atoms with Crippen molar-refractivity contribution in [2.45, 2.75) is 45.1 Å². The minimum atomic E-state index is -0.123. The maximum atomic E-state index is 5.83. The fourth-order valence-electron chi connectivity index (χ4n) is 3.50. The van der Waals surface area contributed by atoms with E-state index in [-0.39, 0.29) is 5.60 Å². The standard InChI is InChI=1S/C17H22OS/c1-17(2,18-3)16-14-7-5-4-6-12(14)10-15(16)13-8-9-19-11-13/h8-11,16H,4-7H2,1-3H3/t16-/m0/s1. The van der Waals surface area contributed by atoms with E-state index in [2.05, 4.69) is 36.7 Å². The first-order valence-electron chi connectivity index (χ1n) is 7.14. The molecule has 1 aromatic rings. The Morgan fingerprint density at radius 1 is 1.26 bits per heavy atom. The molecule has 0 N–H and O–H groups in total. The van der Waals surface area contributed by atoms with Crippen molar-refractivity contribution in [1.29, 1.82) is 0 Å². The van der Waals surface area contributed by atoms with Crippen LogP contribution in [0.1, 0.15) is 45.1 Å². The fraction of sp³-hybridized carbons (Fsp3) is 0.529. The number of hydrogen-bond acceptors (Lipinski definition) is 2. The van der Waals surface area contributed by atoms with Crippen LogP contribution in [-0.4, -0.2) is 12.7 Å². The molecular weight excluding hydrogens is 252 g/mol. The van der Waals surface area contributed by atoms with Gasteiger partial charge in [0.15, 0.2) is 0 Å². The Bertz CT molecular complexity index is 519. The molecule has 0 amide bonds. The van der Waals surface area contributed by atoms with Crippen LogP contribution in [-0.2, 0) is 4.74 Å². The number of ether oxygens (including phenoxy) is 1. The van der Waals surface area contributed by atoms with E-state index in [1.54, 1.807) is 22.5 Å². The van der Waals surface area contributed by atoms with Crippen molar-refractivity contribution >= 4 is 16.9 Å². The average Bonchev–Trinajstić information content (AvgIpc) is 3.05. The van der Waals surface area contributed by atoms with E-state index in [0.717, 1.165) is 0 Å². The maximum absolute atomic E-state index is 5.83. The molecule has 0 saturated heterocycles. The lowest BCUT2D eigenvalue weighted by Gasteiger charge is -2.35. The van der Waals surface area contributed by atoms with Crippen LogP contribution in [0.5, 0.6) is 0 Å². The molecule has 0 saturated carbocycles. The Hall–Kier alpha value is -0.860. The predicted octanol–water partition coefficient (Wildman–Crippen LogP) is 5.06. The lowest BCUT2D eigenvalue weighted by atomic mass is 9.76. The molecule has 1 aromatic heterocycles. The van der Waals surface area contributed by atoms with Crippen molar-refractivity contribution in [3.63, 3.8) is 0 Å². The van der Waals surface area contributed by atoms with Crippen molar-refractivity contribution in [1.82, 2.24) is 0 Å². The van der Waals surface area contributed by atoms with Crippen LogP contribution in [0.25, 0.3) is 5.57 Å². The van der Waals surface area contributed by atoms with E-state index in [1.807, 2.05) is 7.11 Å². The summed E-state index contributed by atoms with van der Waals surface area (Å²) in [6.45, 7) is 4.45. The Kier molecular flexibility index (Phi) is 3.40. The molecule has 1 atom stereocenters. The van der Waals surface area contributed by atoms with Crippen LogP contribution in [0, 0.1) is 5.92 Å². The monoisotopic (exact) mass is 274 g/mol. The molecule has 0 unspecified atom stereocenters. The Morgan fingerprint density at radius 3 is 2.74 bits per heavy atom. The highest BCUT2D eigenvalue weighted by molar-refractivity contribution is 7.08. The van der Waals surface area contributed by atoms with Gasteiger partial charge in [-0.2, -0.15) is 11.3 Å². The average molecular weight is 274 g/mol. The first-order valence-corrected chi connectivity index (χ1v) is 8.09. The van der Waals surface area contributed by atoms with Crippen molar-refractivity contribution in [3.8, 4) is 0 Å². The largest absolute Gasteiger partial charge is 0.378 e. The zero-order chi connectivity index (χ0) is 13.5. The van der Waals surface area contributed by atoms with Gasteiger partial charge < -0.3 is 4.74 Å². The molecule has 0 bridgehead atoms. The van der Waals surface area contributed by atoms with Gasteiger partial charge in [-0.15, -0.1) is 0 Å². The molecule has 2 aliphatic rings. The van der Waals surface area contributed by atoms with E-state index in [0.29, 0.717) is 5.92 Å². The van der Waals surface area contributed by atoms with E-state index in [9.17, 15) is 0 Å². The van der Waals surface area contributed by atoms with Gasteiger partial charge in [0.1, 0.15) is 0 Å². The van der Waals surface area contributed by atoms with E-state index in [1.165, 1.54) is 36.8 Å². The van der Waals surface area contributed by atoms with Gasteiger partial charge in [0, 0.05) is 13.0 Å².